The highest BCUT2D eigenvalue weighted by Gasteiger charge is 2.44. The van der Waals surface area contributed by atoms with Crippen LogP contribution in [0.5, 0.6) is 11.5 Å². The van der Waals surface area contributed by atoms with Gasteiger partial charge in [-0.1, -0.05) is 26.0 Å². The fourth-order valence-corrected chi connectivity index (χ4v) is 6.97. The molecule has 2 fully saturated rings. The number of nitrogens with zero attached hydrogens (tertiary/aromatic N) is 5. The molecule has 2 N–H and O–H groups in total. The Balaban J connectivity index is 1.07. The minimum atomic E-state index is -4.52. The number of H-pyrrole nitrogens is 1. The van der Waals surface area contributed by atoms with Crippen molar-refractivity contribution in [2.45, 2.75) is 70.3 Å². The molecule has 1 amide bonds. The van der Waals surface area contributed by atoms with E-state index in [9.17, 15) is 23.1 Å². The van der Waals surface area contributed by atoms with Crippen LogP contribution < -0.4 is 4.74 Å². The third-order valence-corrected chi connectivity index (χ3v) is 10.1. The number of amides is 1. The van der Waals surface area contributed by atoms with E-state index in [1.165, 1.54) is 0 Å². The number of rotatable bonds is 9. The van der Waals surface area contributed by atoms with Crippen molar-refractivity contribution >= 4 is 16.9 Å². The molecule has 3 aliphatic rings. The van der Waals surface area contributed by atoms with E-state index in [2.05, 4.69) is 26.7 Å². The van der Waals surface area contributed by atoms with Crippen LogP contribution in [-0.4, -0.2) is 79.9 Å². The van der Waals surface area contributed by atoms with Crippen LogP contribution in [0.4, 0.5) is 13.2 Å². The summed E-state index contributed by atoms with van der Waals surface area (Å²) in [7, 11) is 0. The highest BCUT2D eigenvalue weighted by atomic mass is 19.4. The molecule has 48 heavy (non-hydrogen) atoms. The molecule has 0 bridgehead atoms. The minimum Gasteiger partial charge on any atom is -0.455 e. The average Bonchev–Trinajstić information content (AvgIpc) is 3.66. The van der Waals surface area contributed by atoms with E-state index in [0.29, 0.717) is 47.8 Å². The molecule has 254 valence electrons. The summed E-state index contributed by atoms with van der Waals surface area (Å²) in [5.41, 5.74) is 2.17. The second-order valence-electron chi connectivity index (χ2n) is 13.4. The molecule has 7 rings (SSSR count). The number of pyridine rings is 2. The lowest BCUT2D eigenvalue weighted by molar-refractivity contribution is -0.139. The molecule has 4 aromatic rings. The maximum Gasteiger partial charge on any atom is 0.416 e. The van der Waals surface area contributed by atoms with Crippen molar-refractivity contribution in [2.24, 2.45) is 0 Å². The van der Waals surface area contributed by atoms with Crippen molar-refractivity contribution in [3.63, 3.8) is 0 Å². The summed E-state index contributed by atoms with van der Waals surface area (Å²) < 4.78 is 49.0. The second kappa shape index (κ2) is 12.8. The third-order valence-electron chi connectivity index (χ3n) is 10.1. The third kappa shape index (κ3) is 6.65. The Labute approximate surface area is 277 Å². The van der Waals surface area contributed by atoms with Crippen LogP contribution in [-0.2, 0) is 36.1 Å². The number of fused-ring (bicyclic) bond motifs is 2. The molecule has 12 heteroatoms. The summed E-state index contributed by atoms with van der Waals surface area (Å²) in [4.78, 5) is 32.0. The Morgan fingerprint density at radius 3 is 2.54 bits per heavy atom. The first-order valence-electron chi connectivity index (χ1n) is 16.8. The normalized spacial score (nSPS) is 19.8. The van der Waals surface area contributed by atoms with E-state index < -0.39 is 17.3 Å². The van der Waals surface area contributed by atoms with Crippen LogP contribution in [0.3, 0.4) is 0 Å². The zero-order chi connectivity index (χ0) is 33.6. The maximum atomic E-state index is 14.2. The molecule has 0 spiro atoms. The number of aliphatic hydroxyl groups is 1. The number of carbonyl (C=O) groups is 1. The molecule has 1 aliphatic carbocycles. The molecule has 5 heterocycles. The Morgan fingerprint density at radius 2 is 1.83 bits per heavy atom. The maximum absolute atomic E-state index is 14.2. The van der Waals surface area contributed by atoms with E-state index in [-0.39, 0.29) is 36.9 Å². The van der Waals surface area contributed by atoms with Crippen molar-refractivity contribution in [3.05, 3.63) is 82.4 Å². The van der Waals surface area contributed by atoms with Gasteiger partial charge in [0, 0.05) is 63.6 Å². The van der Waals surface area contributed by atoms with Crippen LogP contribution >= 0.6 is 0 Å². The smallest absolute Gasteiger partial charge is 0.416 e. The van der Waals surface area contributed by atoms with Gasteiger partial charge in [0.15, 0.2) is 0 Å². The number of halogens is 3. The van der Waals surface area contributed by atoms with Crippen molar-refractivity contribution in [1.82, 2.24) is 29.7 Å². The number of benzene rings is 1. The number of aromatic amines is 1. The molecule has 1 aromatic carbocycles. The first kappa shape index (κ1) is 32.5. The number of alkyl halides is 3. The molecule has 1 atom stereocenters. The lowest BCUT2D eigenvalue weighted by Crippen LogP contribution is -2.45. The molecule has 9 nitrogen and oxygen atoms in total. The van der Waals surface area contributed by atoms with Gasteiger partial charge in [0.05, 0.1) is 29.3 Å². The highest BCUT2D eigenvalue weighted by Crippen LogP contribution is 2.46. The lowest BCUT2D eigenvalue weighted by Gasteiger charge is -2.34. The molecule has 1 saturated heterocycles. The number of aromatic nitrogens is 3. The molecular formula is C36H41F3N6O3. The summed E-state index contributed by atoms with van der Waals surface area (Å²) in [5.74, 6) is 0.832. The van der Waals surface area contributed by atoms with Gasteiger partial charge in [-0.2, -0.15) is 13.2 Å². The van der Waals surface area contributed by atoms with Crippen LogP contribution in [0.2, 0.25) is 0 Å². The van der Waals surface area contributed by atoms with Gasteiger partial charge in [-0.3, -0.25) is 14.7 Å². The zero-order valence-electron chi connectivity index (χ0n) is 27.3. The Bertz CT molecular complexity index is 1810. The van der Waals surface area contributed by atoms with Crippen LogP contribution in [0.1, 0.15) is 72.7 Å². The Morgan fingerprint density at radius 1 is 1.06 bits per heavy atom. The summed E-state index contributed by atoms with van der Waals surface area (Å²) in [6, 6.07) is 9.87. The second-order valence-corrected chi connectivity index (χ2v) is 13.4. The highest BCUT2D eigenvalue weighted by molar-refractivity contribution is 5.84. The molecule has 2 aliphatic heterocycles. The van der Waals surface area contributed by atoms with Crippen molar-refractivity contribution in [2.75, 3.05) is 39.3 Å². The van der Waals surface area contributed by atoms with Gasteiger partial charge >= 0.3 is 6.18 Å². The molecule has 3 aromatic heterocycles. The average molecular weight is 663 g/mol. The lowest BCUT2D eigenvalue weighted by atomic mass is 9.92. The molecule has 0 unspecified atom stereocenters. The minimum absolute atomic E-state index is 0.00723. The van der Waals surface area contributed by atoms with Crippen LogP contribution in [0.25, 0.3) is 11.0 Å². The van der Waals surface area contributed by atoms with Gasteiger partial charge < -0.3 is 24.6 Å². The first-order valence-corrected chi connectivity index (χ1v) is 16.8. The number of hydrogen-bond acceptors (Lipinski definition) is 7. The van der Waals surface area contributed by atoms with Gasteiger partial charge in [-0.25, -0.2) is 4.98 Å². The Kier molecular flexibility index (Phi) is 8.67. The quantitative estimate of drug-likeness (QED) is 0.228. The van der Waals surface area contributed by atoms with Gasteiger partial charge in [0.2, 0.25) is 5.91 Å². The van der Waals surface area contributed by atoms with E-state index in [0.717, 1.165) is 61.9 Å². The number of likely N-dealkylation sites (N-methyl/N-ethyl adjacent to an activating group) is 1. The summed E-state index contributed by atoms with van der Waals surface area (Å²) in [6.45, 7) is 9.18. The SMILES string of the molecule is CC[C@H]1CN(C(=O)Cc2ccc(CN3CCN(CC)CC3)c(C(F)(F)F)c2)Cc2cc(Oc3ccnc4[nH]c(C5(O)CC5)cc34)cnc21. The number of carbonyl (C=O) groups excluding carboxylic acids is 1. The topological polar surface area (TPSA) is 97.8 Å². The van der Waals surface area contributed by atoms with E-state index in [1.54, 1.807) is 35.5 Å². The molecule has 1 saturated carbocycles. The summed E-state index contributed by atoms with van der Waals surface area (Å²) in [6.07, 6.45) is 0.831. The summed E-state index contributed by atoms with van der Waals surface area (Å²) >= 11 is 0. The van der Waals surface area contributed by atoms with Gasteiger partial charge in [0.25, 0.3) is 0 Å². The van der Waals surface area contributed by atoms with Crippen LogP contribution in [0, 0.1) is 0 Å². The standard InChI is InChI=1S/C36H41F3N6O3/c1-3-24-21-45(32(46)16-23-5-6-25(29(15-23)36(37,38)39)20-44-13-11-43(4-2)12-14-44)22-26-17-27(19-41-33(24)26)48-30-7-10-40-34-28(30)18-31(42-34)35(47)8-9-35/h5-7,10,15,17-19,24,47H,3-4,8-9,11-14,16,20-22H2,1-2H3,(H,40,42)/t24-/m0/s1. The molecular weight excluding hydrogens is 621 g/mol. The fourth-order valence-electron chi connectivity index (χ4n) is 6.97. The first-order chi connectivity index (χ1) is 23.0. The van der Waals surface area contributed by atoms with Gasteiger partial charge in [-0.05, 0) is 66.8 Å². The van der Waals surface area contributed by atoms with Crippen molar-refractivity contribution < 1.29 is 27.8 Å². The predicted molar refractivity (Wildman–Crippen MR) is 175 cm³/mol. The van der Waals surface area contributed by atoms with E-state index in [1.807, 2.05) is 19.1 Å². The molecule has 0 radical (unpaired) electrons. The number of piperazine rings is 1. The number of hydrogen-bond donors (Lipinski definition) is 2. The zero-order valence-corrected chi connectivity index (χ0v) is 27.3. The Hall–Kier alpha value is -4.00. The van der Waals surface area contributed by atoms with Crippen molar-refractivity contribution in [1.29, 1.82) is 0 Å². The van der Waals surface area contributed by atoms with Crippen molar-refractivity contribution in [3.8, 4) is 11.5 Å². The van der Waals surface area contributed by atoms with Crippen LogP contribution in [0.15, 0.2) is 48.8 Å². The summed E-state index contributed by atoms with van der Waals surface area (Å²) in [5, 5.41) is 11.3. The van der Waals surface area contributed by atoms with E-state index >= 15 is 0 Å². The number of nitrogens with one attached hydrogen (secondary N) is 1. The van der Waals surface area contributed by atoms with Gasteiger partial charge in [-0.15, -0.1) is 0 Å². The van der Waals surface area contributed by atoms with Gasteiger partial charge in [0.1, 0.15) is 22.7 Å². The fraction of sp³-hybridized carbons (Fsp3) is 0.472. The predicted octanol–water partition coefficient (Wildman–Crippen LogP) is 5.97. The monoisotopic (exact) mass is 662 g/mol. The number of ether oxygens (including phenoxy) is 1. The van der Waals surface area contributed by atoms with E-state index in [4.69, 9.17) is 9.72 Å². The largest absolute Gasteiger partial charge is 0.455 e.